The van der Waals surface area contributed by atoms with Crippen LogP contribution in [0.2, 0.25) is 0 Å². The highest BCUT2D eigenvalue weighted by molar-refractivity contribution is 6.13. The number of hydrogen-bond acceptors (Lipinski definition) is 0. The molecule has 9 aromatic carbocycles. The number of hydrogen-bond donors (Lipinski definition) is 0. The van der Waals surface area contributed by atoms with Gasteiger partial charge in [-0.3, -0.25) is 0 Å². The lowest BCUT2D eigenvalue weighted by Crippen LogP contribution is -2.36. The van der Waals surface area contributed by atoms with Crippen LogP contribution in [0.1, 0.15) is 87.4 Å². The molecule has 0 unspecified atom stereocenters. The number of aromatic nitrogens is 1. The lowest BCUT2D eigenvalue weighted by molar-refractivity contribution is 0.586. The van der Waals surface area contributed by atoms with E-state index in [1.165, 1.54) is 105 Å². The summed E-state index contributed by atoms with van der Waals surface area (Å²) in [6.07, 6.45) is 0. The topological polar surface area (TPSA) is 4.93 Å². The van der Waals surface area contributed by atoms with E-state index in [2.05, 4.69) is 266 Å². The van der Waals surface area contributed by atoms with Crippen molar-refractivity contribution in [3.05, 3.63) is 252 Å². The lowest BCUT2D eigenvalue weighted by atomic mass is 9.62. The zero-order chi connectivity index (χ0) is 46.2. The molecule has 11 rings (SSSR count). The SMILES string of the molecule is C=C(C)c1cc2c3c(c1)c1cc(C(C)(C)C)ccc1n3-c1ccc(C(C)(C)C)cc1C2(c1ccc(-c2ccccc2-c2ccccc2)cc1)c1ccc(-c2ccccc2-c2ccccc2)cc1. The third-order valence-electron chi connectivity index (χ3n) is 14.4. The van der Waals surface area contributed by atoms with Crippen LogP contribution in [0.5, 0.6) is 0 Å². The maximum Gasteiger partial charge on any atom is 0.0742 e. The molecule has 1 nitrogen and oxygen atoms in total. The zero-order valence-corrected chi connectivity index (χ0v) is 39.8. The van der Waals surface area contributed by atoms with Gasteiger partial charge in [0.15, 0.2) is 0 Å². The molecule has 0 saturated heterocycles. The predicted molar refractivity (Wildman–Crippen MR) is 287 cm³/mol. The second-order valence-electron chi connectivity index (χ2n) is 20.7. The van der Waals surface area contributed by atoms with Crippen molar-refractivity contribution in [2.75, 3.05) is 0 Å². The molecule has 2 heterocycles. The number of nitrogens with zero attached hydrogens (tertiary/aromatic N) is 1. The minimum atomic E-state index is -0.716. The summed E-state index contributed by atoms with van der Waals surface area (Å²) in [5.74, 6) is 0. The first-order valence-electron chi connectivity index (χ1n) is 23.8. The molecule has 1 heteroatoms. The summed E-state index contributed by atoms with van der Waals surface area (Å²) in [6, 6.07) is 77.5. The molecule has 1 aliphatic heterocycles. The van der Waals surface area contributed by atoms with Crippen LogP contribution in [0.4, 0.5) is 0 Å². The van der Waals surface area contributed by atoms with E-state index < -0.39 is 5.41 Å². The van der Waals surface area contributed by atoms with E-state index in [1.807, 2.05) is 0 Å². The van der Waals surface area contributed by atoms with Gasteiger partial charge in [-0.15, -0.1) is 0 Å². The molecule has 326 valence electrons. The predicted octanol–water partition coefficient (Wildman–Crippen LogP) is 17.8. The third kappa shape index (κ3) is 6.91. The molecule has 0 radical (unpaired) electrons. The Labute approximate surface area is 396 Å². The van der Waals surface area contributed by atoms with E-state index in [0.29, 0.717) is 0 Å². The van der Waals surface area contributed by atoms with Crippen LogP contribution in [0, 0.1) is 0 Å². The molecular formula is C66H57N. The fraction of sp³-hybridized carbons (Fsp3) is 0.152. The Balaban J connectivity index is 1.25. The highest BCUT2D eigenvalue weighted by Gasteiger charge is 2.46. The molecular weight excluding hydrogens is 807 g/mol. The molecule has 0 saturated carbocycles. The van der Waals surface area contributed by atoms with Gasteiger partial charge in [0, 0.05) is 10.8 Å². The fourth-order valence-electron chi connectivity index (χ4n) is 10.8. The van der Waals surface area contributed by atoms with Crippen molar-refractivity contribution >= 4 is 27.4 Å². The summed E-state index contributed by atoms with van der Waals surface area (Å²) < 4.78 is 2.57. The molecule has 67 heavy (non-hydrogen) atoms. The summed E-state index contributed by atoms with van der Waals surface area (Å²) in [7, 11) is 0. The Morgan fingerprint density at radius 1 is 0.418 bits per heavy atom. The number of allylic oxidation sites excluding steroid dienone is 1. The first-order chi connectivity index (χ1) is 32.3. The molecule has 0 spiro atoms. The highest BCUT2D eigenvalue weighted by Crippen LogP contribution is 2.56. The van der Waals surface area contributed by atoms with Crippen LogP contribution in [-0.2, 0) is 16.2 Å². The number of benzene rings is 9. The Bertz CT molecular complexity index is 3390. The Kier molecular flexibility index (Phi) is 9.98. The van der Waals surface area contributed by atoms with E-state index in [1.54, 1.807) is 0 Å². The van der Waals surface area contributed by atoms with Crippen molar-refractivity contribution < 1.29 is 0 Å². The Morgan fingerprint density at radius 2 is 0.851 bits per heavy atom. The minimum Gasteiger partial charge on any atom is -0.309 e. The summed E-state index contributed by atoms with van der Waals surface area (Å²) in [5.41, 5.74) is 22.4. The maximum absolute atomic E-state index is 4.60. The van der Waals surface area contributed by atoms with Crippen LogP contribution in [-0.4, -0.2) is 4.57 Å². The fourth-order valence-corrected chi connectivity index (χ4v) is 10.8. The molecule has 1 aliphatic rings. The molecule has 0 N–H and O–H groups in total. The molecule has 0 amide bonds. The maximum atomic E-state index is 4.60. The first kappa shape index (κ1) is 42.2. The van der Waals surface area contributed by atoms with Gasteiger partial charge in [-0.1, -0.05) is 230 Å². The van der Waals surface area contributed by atoms with Crippen molar-refractivity contribution in [2.24, 2.45) is 0 Å². The van der Waals surface area contributed by atoms with E-state index in [0.717, 1.165) is 11.1 Å². The zero-order valence-electron chi connectivity index (χ0n) is 39.8. The quantitative estimate of drug-likeness (QED) is 0.150. The molecule has 1 aromatic heterocycles. The van der Waals surface area contributed by atoms with Crippen molar-refractivity contribution in [3.8, 4) is 50.2 Å². The monoisotopic (exact) mass is 863 g/mol. The van der Waals surface area contributed by atoms with Gasteiger partial charge >= 0.3 is 0 Å². The van der Waals surface area contributed by atoms with Crippen molar-refractivity contribution in [1.82, 2.24) is 4.57 Å². The number of fused-ring (bicyclic) bond motifs is 5. The van der Waals surface area contributed by atoms with E-state index in [9.17, 15) is 0 Å². The number of rotatable bonds is 7. The van der Waals surface area contributed by atoms with Crippen LogP contribution in [0.25, 0.3) is 77.6 Å². The second kappa shape index (κ2) is 15.9. The summed E-state index contributed by atoms with van der Waals surface area (Å²) in [4.78, 5) is 0. The molecule has 0 fully saturated rings. The molecule has 0 bridgehead atoms. The molecule has 10 aromatic rings. The highest BCUT2D eigenvalue weighted by atomic mass is 15.0. The van der Waals surface area contributed by atoms with E-state index >= 15 is 0 Å². The van der Waals surface area contributed by atoms with Crippen LogP contribution in [0.3, 0.4) is 0 Å². The van der Waals surface area contributed by atoms with Gasteiger partial charge in [0.2, 0.25) is 0 Å². The van der Waals surface area contributed by atoms with Gasteiger partial charge in [0.1, 0.15) is 0 Å². The average molecular weight is 864 g/mol. The van der Waals surface area contributed by atoms with Crippen molar-refractivity contribution in [1.29, 1.82) is 0 Å². The van der Waals surface area contributed by atoms with Gasteiger partial charge in [-0.05, 0) is 132 Å². The smallest absolute Gasteiger partial charge is 0.0742 e. The average Bonchev–Trinajstić information content (AvgIpc) is 3.68. The summed E-state index contributed by atoms with van der Waals surface area (Å²) in [5, 5.41) is 2.53. The van der Waals surface area contributed by atoms with Crippen LogP contribution < -0.4 is 0 Å². The first-order valence-corrected chi connectivity index (χ1v) is 23.8. The van der Waals surface area contributed by atoms with Crippen molar-refractivity contribution in [3.63, 3.8) is 0 Å². The van der Waals surface area contributed by atoms with Gasteiger partial charge < -0.3 is 4.57 Å². The normalized spacial score (nSPS) is 13.2. The van der Waals surface area contributed by atoms with Gasteiger partial charge in [0.25, 0.3) is 0 Å². The standard InChI is InChI=1S/C66H57N/c1-43(2)48-39-58-57-41-51(64(3,4)5)35-37-61(57)67-62-38-36-52(65(6,7)8)42-59(62)66(60(40-48)63(58)67,49-31-27-46(28-32-49)55-25-17-15-23-53(55)44-19-11-9-12-20-44)50-33-29-47(30-34-50)56-26-18-16-24-54(56)45-21-13-10-14-22-45/h9-42H,1H2,2-8H3. The van der Waals surface area contributed by atoms with Crippen LogP contribution >= 0.6 is 0 Å². The van der Waals surface area contributed by atoms with Gasteiger partial charge in [-0.2, -0.15) is 0 Å². The lowest BCUT2D eigenvalue weighted by Gasteiger charge is -2.43. The van der Waals surface area contributed by atoms with Crippen LogP contribution in [0.15, 0.2) is 213 Å². The summed E-state index contributed by atoms with van der Waals surface area (Å²) >= 11 is 0. The second-order valence-corrected chi connectivity index (χ2v) is 20.7. The molecule has 0 atom stereocenters. The largest absolute Gasteiger partial charge is 0.309 e. The van der Waals surface area contributed by atoms with Crippen molar-refractivity contribution in [2.45, 2.75) is 64.7 Å². The van der Waals surface area contributed by atoms with E-state index in [4.69, 9.17) is 0 Å². The van der Waals surface area contributed by atoms with Gasteiger partial charge in [-0.25, -0.2) is 0 Å². The molecule has 0 aliphatic carbocycles. The Morgan fingerprint density at radius 3 is 1.31 bits per heavy atom. The third-order valence-corrected chi connectivity index (χ3v) is 14.4. The Hall–Kier alpha value is -7.48. The van der Waals surface area contributed by atoms with Gasteiger partial charge in [0.05, 0.1) is 22.1 Å². The minimum absolute atomic E-state index is 0.0113. The summed E-state index contributed by atoms with van der Waals surface area (Å²) in [6.45, 7) is 20.7. The van der Waals surface area contributed by atoms with E-state index in [-0.39, 0.29) is 10.8 Å².